The fourth-order valence-electron chi connectivity index (χ4n) is 3.47. The zero-order valence-corrected chi connectivity index (χ0v) is 18.8. The van der Waals surface area contributed by atoms with Crippen molar-refractivity contribution in [3.63, 3.8) is 0 Å². The van der Waals surface area contributed by atoms with Crippen molar-refractivity contribution in [2.45, 2.75) is 32.4 Å². The lowest BCUT2D eigenvalue weighted by atomic mass is 10.2. The van der Waals surface area contributed by atoms with E-state index in [1.54, 1.807) is 7.11 Å². The summed E-state index contributed by atoms with van der Waals surface area (Å²) >= 11 is 1.83. The van der Waals surface area contributed by atoms with E-state index in [-0.39, 0.29) is 0 Å². The summed E-state index contributed by atoms with van der Waals surface area (Å²) in [5.74, 6) is 1.44. The van der Waals surface area contributed by atoms with Crippen LogP contribution in [-0.2, 0) is 11.3 Å². The Hall–Kier alpha value is -2.16. The summed E-state index contributed by atoms with van der Waals surface area (Å²) in [5, 5.41) is 9.06. The van der Waals surface area contributed by atoms with Gasteiger partial charge >= 0.3 is 0 Å². The smallest absolute Gasteiger partial charge is 0.213 e. The zero-order chi connectivity index (χ0) is 21.0. The summed E-state index contributed by atoms with van der Waals surface area (Å²) < 4.78 is 10.5. The van der Waals surface area contributed by atoms with Crippen molar-refractivity contribution in [2.75, 3.05) is 46.5 Å². The Kier molecular flexibility index (Phi) is 9.40. The Morgan fingerprint density at radius 2 is 2.10 bits per heavy atom. The molecule has 1 unspecified atom stereocenters. The molecule has 164 valence electrons. The highest BCUT2D eigenvalue weighted by Crippen LogP contribution is 2.27. The monoisotopic (exact) mass is 431 g/mol. The molecule has 0 amide bonds. The zero-order valence-electron chi connectivity index (χ0n) is 18.0. The number of nitrogens with one attached hydrogen (secondary N) is 2. The van der Waals surface area contributed by atoms with Gasteiger partial charge in [0, 0.05) is 37.3 Å². The predicted octanol–water partition coefficient (Wildman–Crippen LogP) is 3.06. The van der Waals surface area contributed by atoms with Crippen LogP contribution in [0.1, 0.15) is 36.2 Å². The van der Waals surface area contributed by atoms with Crippen LogP contribution in [0.3, 0.4) is 0 Å². The van der Waals surface area contributed by atoms with Crippen molar-refractivity contribution in [1.29, 1.82) is 0 Å². The van der Waals surface area contributed by atoms with Gasteiger partial charge in [0.25, 0.3) is 0 Å². The van der Waals surface area contributed by atoms with E-state index in [1.165, 1.54) is 30.8 Å². The first-order valence-corrected chi connectivity index (χ1v) is 11.5. The van der Waals surface area contributed by atoms with Gasteiger partial charge in [0.1, 0.15) is 6.61 Å². The maximum atomic E-state index is 5.51. The maximum Gasteiger partial charge on any atom is 0.213 e. The lowest BCUT2D eigenvalue weighted by Crippen LogP contribution is -2.42. The van der Waals surface area contributed by atoms with Crippen molar-refractivity contribution in [3.8, 4) is 5.88 Å². The molecule has 8 heteroatoms. The number of pyridine rings is 1. The van der Waals surface area contributed by atoms with Crippen molar-refractivity contribution < 1.29 is 9.47 Å². The molecule has 0 spiro atoms. The minimum Gasteiger partial charge on any atom is -0.475 e. The van der Waals surface area contributed by atoms with Crippen LogP contribution in [0.5, 0.6) is 5.88 Å². The molecule has 1 aliphatic heterocycles. The first kappa shape index (κ1) is 22.5. The van der Waals surface area contributed by atoms with Gasteiger partial charge in [-0.05, 0) is 49.9 Å². The Bertz CT molecular complexity index is 745. The summed E-state index contributed by atoms with van der Waals surface area (Å²) in [5.41, 5.74) is 1.04. The number of guanidine groups is 1. The second kappa shape index (κ2) is 12.5. The molecule has 1 aliphatic rings. The third-order valence-electron chi connectivity index (χ3n) is 5.01. The number of aromatic nitrogens is 1. The molecule has 1 fully saturated rings. The van der Waals surface area contributed by atoms with Crippen molar-refractivity contribution >= 4 is 17.3 Å². The Morgan fingerprint density at radius 1 is 1.23 bits per heavy atom. The van der Waals surface area contributed by atoms with E-state index in [1.807, 2.05) is 29.7 Å². The minimum atomic E-state index is 0.390. The number of hydrogen-bond donors (Lipinski definition) is 2. The van der Waals surface area contributed by atoms with Crippen LogP contribution in [0, 0.1) is 0 Å². The number of aliphatic imine (C=N–C) groups is 1. The number of nitrogens with zero attached hydrogens (tertiary/aromatic N) is 3. The van der Waals surface area contributed by atoms with E-state index >= 15 is 0 Å². The van der Waals surface area contributed by atoms with Crippen LogP contribution < -0.4 is 15.4 Å². The quantitative estimate of drug-likeness (QED) is 0.324. The average Bonchev–Trinajstić information content (AvgIpc) is 3.48. The van der Waals surface area contributed by atoms with E-state index in [2.05, 4.69) is 45.0 Å². The van der Waals surface area contributed by atoms with E-state index in [4.69, 9.17) is 14.5 Å². The molecule has 2 aromatic heterocycles. The second-order valence-electron chi connectivity index (χ2n) is 7.20. The van der Waals surface area contributed by atoms with Crippen LogP contribution >= 0.6 is 11.3 Å². The molecule has 7 nitrogen and oxygen atoms in total. The summed E-state index contributed by atoms with van der Waals surface area (Å²) in [6.07, 6.45) is 4.39. The number of thiophene rings is 1. The number of methoxy groups -OCH3 is 1. The third kappa shape index (κ3) is 6.97. The van der Waals surface area contributed by atoms with E-state index < -0.39 is 0 Å². The lowest BCUT2D eigenvalue weighted by Gasteiger charge is -2.27. The lowest BCUT2D eigenvalue weighted by molar-refractivity contribution is 0.143. The van der Waals surface area contributed by atoms with Gasteiger partial charge < -0.3 is 20.1 Å². The van der Waals surface area contributed by atoms with Crippen LogP contribution in [-0.4, -0.2) is 62.3 Å². The number of hydrogen-bond acceptors (Lipinski definition) is 6. The van der Waals surface area contributed by atoms with Crippen LogP contribution in [0.15, 0.2) is 40.8 Å². The summed E-state index contributed by atoms with van der Waals surface area (Å²) in [7, 11) is 1.65. The molecule has 0 aliphatic carbocycles. The highest BCUT2D eigenvalue weighted by molar-refractivity contribution is 7.10. The predicted molar refractivity (Wildman–Crippen MR) is 122 cm³/mol. The van der Waals surface area contributed by atoms with Gasteiger partial charge in [-0.3, -0.25) is 4.90 Å². The summed E-state index contributed by atoms with van der Waals surface area (Å²) in [4.78, 5) is 13.1. The average molecular weight is 432 g/mol. The minimum absolute atomic E-state index is 0.390. The van der Waals surface area contributed by atoms with Gasteiger partial charge in [0.05, 0.1) is 19.2 Å². The Labute approximate surface area is 183 Å². The molecular weight excluding hydrogens is 398 g/mol. The number of likely N-dealkylation sites (tertiary alicyclic amines) is 1. The molecule has 1 saturated heterocycles. The van der Waals surface area contributed by atoms with Crippen molar-refractivity contribution in [1.82, 2.24) is 20.5 Å². The van der Waals surface area contributed by atoms with Crippen LogP contribution in [0.4, 0.5) is 0 Å². The molecule has 1 atom stereocenters. The van der Waals surface area contributed by atoms with E-state index in [0.29, 0.717) is 31.7 Å². The van der Waals surface area contributed by atoms with E-state index in [0.717, 1.165) is 24.6 Å². The Balaban J connectivity index is 1.57. The second-order valence-corrected chi connectivity index (χ2v) is 8.18. The molecule has 30 heavy (non-hydrogen) atoms. The fraction of sp³-hybridized carbons (Fsp3) is 0.545. The topological polar surface area (TPSA) is 71.0 Å². The first-order valence-electron chi connectivity index (χ1n) is 10.7. The Morgan fingerprint density at radius 3 is 2.77 bits per heavy atom. The molecular formula is C22H33N5O2S. The maximum absolute atomic E-state index is 5.51. The van der Waals surface area contributed by atoms with Gasteiger partial charge in [-0.15, -0.1) is 11.3 Å². The summed E-state index contributed by atoms with van der Waals surface area (Å²) in [6.45, 7) is 7.70. The highest BCUT2D eigenvalue weighted by atomic mass is 32.1. The van der Waals surface area contributed by atoms with Gasteiger partial charge in [0.15, 0.2) is 5.96 Å². The molecule has 2 aromatic rings. The molecule has 3 rings (SSSR count). The number of rotatable bonds is 11. The van der Waals surface area contributed by atoms with E-state index in [9.17, 15) is 0 Å². The number of ether oxygens (including phenoxy) is 2. The van der Waals surface area contributed by atoms with Crippen LogP contribution in [0.25, 0.3) is 0 Å². The highest BCUT2D eigenvalue weighted by Gasteiger charge is 2.24. The molecule has 3 heterocycles. The third-order valence-corrected chi connectivity index (χ3v) is 5.99. The first-order chi connectivity index (χ1) is 14.8. The summed E-state index contributed by atoms with van der Waals surface area (Å²) in [6, 6.07) is 8.64. The fourth-order valence-corrected chi connectivity index (χ4v) is 4.33. The molecule has 0 aromatic carbocycles. The standard InChI is InChI=1S/C22H33N5O2S/c1-3-23-22(25-16-18-8-9-21(24-15-18)29-13-12-28-2)26-17-19(20-7-6-14-30-20)27-10-4-5-11-27/h6-9,14-15,19H,3-5,10-13,16-17H2,1-2H3,(H2,23,25,26). The van der Waals surface area contributed by atoms with Gasteiger partial charge in [-0.25, -0.2) is 9.98 Å². The van der Waals surface area contributed by atoms with Crippen molar-refractivity contribution in [2.24, 2.45) is 4.99 Å². The molecule has 0 saturated carbocycles. The molecule has 2 N–H and O–H groups in total. The van der Waals surface area contributed by atoms with Gasteiger partial charge in [-0.2, -0.15) is 0 Å². The molecule has 0 bridgehead atoms. The van der Waals surface area contributed by atoms with Crippen LogP contribution in [0.2, 0.25) is 0 Å². The largest absolute Gasteiger partial charge is 0.475 e. The normalized spacial score (nSPS) is 15.9. The molecule has 0 radical (unpaired) electrons. The SMILES string of the molecule is CCNC(=NCc1ccc(OCCOC)nc1)NCC(c1cccs1)N1CCCC1. The van der Waals surface area contributed by atoms with Crippen molar-refractivity contribution in [3.05, 3.63) is 46.3 Å². The van der Waals surface area contributed by atoms with Gasteiger partial charge in [0.2, 0.25) is 5.88 Å². The van der Waals surface area contributed by atoms with Gasteiger partial charge in [-0.1, -0.05) is 12.1 Å².